The zero-order valence-corrected chi connectivity index (χ0v) is 10.2. The highest BCUT2D eigenvalue weighted by atomic mass is 79.9. The van der Waals surface area contributed by atoms with Gasteiger partial charge in [0.15, 0.2) is 0 Å². The topological polar surface area (TPSA) is 70.3 Å². The van der Waals surface area contributed by atoms with E-state index in [1.165, 1.54) is 6.07 Å². The maximum atomic E-state index is 12.1. The summed E-state index contributed by atoms with van der Waals surface area (Å²) in [7, 11) is 0. The van der Waals surface area contributed by atoms with Gasteiger partial charge in [0.2, 0.25) is 0 Å². The lowest BCUT2D eigenvalue weighted by atomic mass is 10.1. The molecule has 0 aliphatic carbocycles. The molecule has 0 atom stereocenters. The van der Waals surface area contributed by atoms with Gasteiger partial charge in [0, 0.05) is 4.47 Å². The molecule has 4 nitrogen and oxygen atoms in total. The highest BCUT2D eigenvalue weighted by Crippen LogP contribution is 2.31. The smallest absolute Gasteiger partial charge is 0.481 e. The van der Waals surface area contributed by atoms with Crippen molar-refractivity contribution in [2.45, 2.75) is 12.8 Å². The third kappa shape index (κ3) is 3.92. The van der Waals surface area contributed by atoms with E-state index in [-0.39, 0.29) is 15.6 Å². The largest absolute Gasteiger partial charge is 0.573 e. The molecule has 0 saturated heterocycles. The molecule has 0 heterocycles. The van der Waals surface area contributed by atoms with Crippen molar-refractivity contribution in [3.05, 3.63) is 27.7 Å². The normalized spacial score (nSPS) is 10.8. The van der Waals surface area contributed by atoms with Crippen LogP contribution in [0, 0.1) is 11.3 Å². The van der Waals surface area contributed by atoms with E-state index in [0.717, 1.165) is 12.1 Å². The number of aliphatic carboxylic acids is 1. The van der Waals surface area contributed by atoms with Crippen molar-refractivity contribution in [2.75, 3.05) is 0 Å². The zero-order chi connectivity index (χ0) is 13.9. The number of nitriles is 1. The van der Waals surface area contributed by atoms with Crippen molar-refractivity contribution in [3.8, 4) is 11.8 Å². The van der Waals surface area contributed by atoms with Crippen LogP contribution in [0.1, 0.15) is 11.1 Å². The Bertz CT molecular complexity index is 522. The molecule has 1 aromatic carbocycles. The molecule has 96 valence electrons. The molecule has 0 fully saturated rings. The van der Waals surface area contributed by atoms with Gasteiger partial charge in [0.25, 0.3) is 0 Å². The van der Waals surface area contributed by atoms with Gasteiger partial charge in [0.1, 0.15) is 11.8 Å². The number of carbonyl (C=O) groups is 1. The summed E-state index contributed by atoms with van der Waals surface area (Å²) in [5.41, 5.74) is -0.255. The second-order valence-corrected chi connectivity index (χ2v) is 4.02. The summed E-state index contributed by atoms with van der Waals surface area (Å²) in [5, 5.41) is 17.3. The number of nitrogens with zero attached hydrogens (tertiary/aromatic N) is 1. The maximum Gasteiger partial charge on any atom is 0.573 e. The molecule has 0 aliphatic rings. The Morgan fingerprint density at radius 2 is 2.11 bits per heavy atom. The van der Waals surface area contributed by atoms with Gasteiger partial charge in [-0.1, -0.05) is 15.9 Å². The molecule has 1 rings (SSSR count). The number of alkyl halides is 3. The number of hydrogen-bond acceptors (Lipinski definition) is 3. The molecule has 0 aromatic heterocycles. The molecule has 0 saturated carbocycles. The van der Waals surface area contributed by atoms with Crippen LogP contribution in [0.5, 0.6) is 5.75 Å². The summed E-state index contributed by atoms with van der Waals surface area (Å²) in [6.07, 6.45) is -5.43. The average molecular weight is 324 g/mol. The maximum absolute atomic E-state index is 12.1. The number of benzene rings is 1. The van der Waals surface area contributed by atoms with Gasteiger partial charge in [-0.25, -0.2) is 0 Å². The van der Waals surface area contributed by atoms with Gasteiger partial charge in [-0.3, -0.25) is 4.79 Å². The van der Waals surface area contributed by atoms with Gasteiger partial charge in [-0.2, -0.15) is 5.26 Å². The second kappa shape index (κ2) is 5.27. The van der Waals surface area contributed by atoms with Crippen LogP contribution in [0.2, 0.25) is 0 Å². The quantitative estimate of drug-likeness (QED) is 0.928. The Kier molecular flexibility index (Phi) is 4.19. The van der Waals surface area contributed by atoms with Crippen molar-refractivity contribution in [1.82, 2.24) is 0 Å². The van der Waals surface area contributed by atoms with Gasteiger partial charge in [-0.15, -0.1) is 13.2 Å². The number of rotatable bonds is 3. The van der Waals surface area contributed by atoms with E-state index in [0.29, 0.717) is 0 Å². The lowest BCUT2D eigenvalue weighted by molar-refractivity contribution is -0.274. The van der Waals surface area contributed by atoms with Crippen molar-refractivity contribution >= 4 is 21.9 Å². The molecule has 0 aliphatic heterocycles. The fourth-order valence-corrected chi connectivity index (χ4v) is 1.67. The first-order valence-electron chi connectivity index (χ1n) is 4.43. The molecule has 0 unspecified atom stereocenters. The van der Waals surface area contributed by atoms with Crippen LogP contribution in [0.4, 0.5) is 13.2 Å². The highest BCUT2D eigenvalue weighted by molar-refractivity contribution is 9.10. The molecule has 18 heavy (non-hydrogen) atoms. The van der Waals surface area contributed by atoms with E-state index >= 15 is 0 Å². The number of halogens is 4. The van der Waals surface area contributed by atoms with Crippen molar-refractivity contribution < 1.29 is 27.8 Å². The number of carboxylic acid groups (broad SMARTS) is 1. The highest BCUT2D eigenvalue weighted by Gasteiger charge is 2.32. The first kappa shape index (κ1) is 14.3. The molecular formula is C10H5BrF3NO3. The Balaban J connectivity index is 3.23. The first-order valence-corrected chi connectivity index (χ1v) is 5.22. The minimum absolute atomic E-state index is 0.0840. The van der Waals surface area contributed by atoms with Gasteiger partial charge >= 0.3 is 12.3 Å². The van der Waals surface area contributed by atoms with Crippen LogP contribution in [-0.4, -0.2) is 17.4 Å². The molecule has 1 N–H and O–H groups in total. The van der Waals surface area contributed by atoms with E-state index in [9.17, 15) is 18.0 Å². The molecule has 0 amide bonds. The summed E-state index contributed by atoms with van der Waals surface area (Å²) in [5.74, 6) is -1.93. The van der Waals surface area contributed by atoms with E-state index in [2.05, 4.69) is 20.7 Å². The van der Waals surface area contributed by atoms with Crippen molar-refractivity contribution in [1.29, 1.82) is 5.26 Å². The van der Waals surface area contributed by atoms with Crippen molar-refractivity contribution in [3.63, 3.8) is 0 Å². The van der Waals surface area contributed by atoms with Crippen LogP contribution < -0.4 is 4.74 Å². The molecule has 1 aromatic rings. The third-order valence-electron chi connectivity index (χ3n) is 1.84. The van der Waals surface area contributed by atoms with E-state index in [1.807, 2.05) is 0 Å². The molecule has 0 spiro atoms. The summed E-state index contributed by atoms with van der Waals surface area (Å²) >= 11 is 2.98. The van der Waals surface area contributed by atoms with Gasteiger partial charge in [0.05, 0.1) is 12.0 Å². The molecule has 0 bridgehead atoms. The average Bonchev–Trinajstić information content (AvgIpc) is 2.19. The predicted octanol–water partition coefficient (Wildman–Crippen LogP) is 2.85. The monoisotopic (exact) mass is 323 g/mol. The minimum Gasteiger partial charge on any atom is -0.481 e. The van der Waals surface area contributed by atoms with Gasteiger partial charge in [-0.05, 0) is 17.7 Å². The number of carboxylic acids is 1. The molecular weight excluding hydrogens is 319 g/mol. The lowest BCUT2D eigenvalue weighted by Gasteiger charge is -2.12. The lowest BCUT2D eigenvalue weighted by Crippen LogP contribution is -2.18. The first-order chi connectivity index (χ1) is 8.23. The van der Waals surface area contributed by atoms with E-state index < -0.39 is 24.5 Å². The standard InChI is InChI=1S/C10H5BrF3NO3/c11-7-1-6(4-15)8(18-10(12,13)14)2-5(7)3-9(16)17/h1-2H,3H2,(H,16,17). The fourth-order valence-electron chi connectivity index (χ4n) is 1.19. The predicted molar refractivity (Wildman–Crippen MR) is 56.9 cm³/mol. The summed E-state index contributed by atoms with van der Waals surface area (Å²) < 4.78 is 40.2. The Labute approximate surface area is 108 Å². The van der Waals surface area contributed by atoms with Crippen LogP contribution >= 0.6 is 15.9 Å². The number of ether oxygens (including phenoxy) is 1. The third-order valence-corrected chi connectivity index (χ3v) is 2.57. The zero-order valence-electron chi connectivity index (χ0n) is 8.58. The molecule has 0 radical (unpaired) electrons. The van der Waals surface area contributed by atoms with Crippen LogP contribution in [0.15, 0.2) is 16.6 Å². The number of hydrogen-bond donors (Lipinski definition) is 1. The van der Waals surface area contributed by atoms with Crippen LogP contribution in [0.3, 0.4) is 0 Å². The SMILES string of the molecule is N#Cc1cc(Br)c(CC(=O)O)cc1OC(F)(F)F. The van der Waals surface area contributed by atoms with E-state index in [4.69, 9.17) is 10.4 Å². The molecule has 8 heteroatoms. The summed E-state index contributed by atoms with van der Waals surface area (Å²) in [6.45, 7) is 0. The van der Waals surface area contributed by atoms with Crippen LogP contribution in [0.25, 0.3) is 0 Å². The summed E-state index contributed by atoms with van der Waals surface area (Å²) in [6, 6.07) is 3.50. The fraction of sp³-hybridized carbons (Fsp3) is 0.200. The Morgan fingerprint density at radius 3 is 2.56 bits per heavy atom. The minimum atomic E-state index is -4.94. The Morgan fingerprint density at radius 1 is 1.50 bits per heavy atom. The summed E-state index contributed by atoms with van der Waals surface area (Å²) in [4.78, 5) is 10.5. The Hall–Kier alpha value is -1.75. The van der Waals surface area contributed by atoms with Crippen LogP contribution in [-0.2, 0) is 11.2 Å². The second-order valence-electron chi connectivity index (χ2n) is 3.17. The van der Waals surface area contributed by atoms with E-state index in [1.54, 1.807) is 0 Å². The van der Waals surface area contributed by atoms with Crippen molar-refractivity contribution in [2.24, 2.45) is 0 Å². The van der Waals surface area contributed by atoms with Gasteiger partial charge < -0.3 is 9.84 Å².